The summed E-state index contributed by atoms with van der Waals surface area (Å²) in [6.07, 6.45) is -4.45. The molecule has 0 saturated heterocycles. The summed E-state index contributed by atoms with van der Waals surface area (Å²) < 4.78 is 47.2. The van der Waals surface area contributed by atoms with E-state index in [4.69, 9.17) is 0 Å². The van der Waals surface area contributed by atoms with E-state index >= 15 is 0 Å². The summed E-state index contributed by atoms with van der Waals surface area (Å²) in [7, 11) is -1.52. The highest BCUT2D eigenvalue weighted by Gasteiger charge is 2.27. The highest BCUT2D eigenvalue weighted by Crippen LogP contribution is 2.12. The van der Waals surface area contributed by atoms with Crippen LogP contribution in [-0.2, 0) is 21.3 Å². The fraction of sp³-hybridized carbons (Fsp3) is 0.417. The fourth-order valence-corrected chi connectivity index (χ4v) is 2.48. The molecule has 0 heterocycles. The molecule has 0 aliphatic heterocycles. The first-order valence-corrected chi connectivity index (χ1v) is 6.99. The summed E-state index contributed by atoms with van der Waals surface area (Å²) in [5.41, 5.74) is 1.79. The van der Waals surface area contributed by atoms with Crippen LogP contribution >= 0.6 is 0 Å². The Balaban J connectivity index is 2.41. The van der Waals surface area contributed by atoms with E-state index in [9.17, 15) is 22.2 Å². The fourth-order valence-electron chi connectivity index (χ4n) is 1.43. The number of carbonyl (C=O) groups excluding carboxylic acids is 1. The van der Waals surface area contributed by atoms with E-state index in [2.05, 4.69) is 0 Å². The van der Waals surface area contributed by atoms with Crippen molar-refractivity contribution in [3.63, 3.8) is 0 Å². The second-order valence-electron chi connectivity index (χ2n) is 4.11. The van der Waals surface area contributed by atoms with Gasteiger partial charge in [-0.05, 0) is 12.5 Å². The Morgan fingerprint density at radius 2 is 2.05 bits per heavy atom. The van der Waals surface area contributed by atoms with Gasteiger partial charge in [0.05, 0.1) is 0 Å². The van der Waals surface area contributed by atoms with Gasteiger partial charge in [0.1, 0.15) is 12.3 Å². The topological polar surface area (TPSA) is 46.2 Å². The van der Waals surface area contributed by atoms with Crippen molar-refractivity contribution in [3.8, 4) is 0 Å². The molecule has 19 heavy (non-hydrogen) atoms. The van der Waals surface area contributed by atoms with Crippen LogP contribution in [0.15, 0.2) is 24.3 Å². The Morgan fingerprint density at radius 3 is 2.63 bits per heavy atom. The first kappa shape index (κ1) is 15.7. The third kappa shape index (κ3) is 6.95. The smallest absolute Gasteiger partial charge is 0.346 e. The molecule has 0 bridgehead atoms. The number of carbonyl (C=O) groups is 1. The number of rotatable bonds is 5. The summed E-state index contributed by atoms with van der Waals surface area (Å²) in [5, 5.41) is 1.69. The van der Waals surface area contributed by atoms with Crippen LogP contribution in [0.3, 0.4) is 0 Å². The molecule has 0 aromatic heterocycles. The van der Waals surface area contributed by atoms with E-state index in [1.165, 1.54) is 0 Å². The van der Waals surface area contributed by atoms with Crippen LogP contribution in [-0.4, -0.2) is 28.6 Å². The number of alkyl halides is 3. The maximum atomic E-state index is 11.9. The van der Waals surface area contributed by atoms with Crippen molar-refractivity contribution in [2.75, 3.05) is 12.3 Å². The summed E-state index contributed by atoms with van der Waals surface area (Å²) in [4.78, 5) is 11.2. The lowest BCUT2D eigenvalue weighted by Crippen LogP contribution is -2.36. The number of hydrogen-bond acceptors (Lipinski definition) is 2. The van der Waals surface area contributed by atoms with Gasteiger partial charge in [-0.15, -0.1) is 0 Å². The molecule has 1 aromatic carbocycles. The standard InChI is InChI=1S/C12H14F3NO2S/c1-9-3-2-4-10(5-9)6-19(18)7-11(17)16-8-12(13,14)15/h2-5H,6-8H2,1H3,(H,16,17). The second kappa shape index (κ2) is 6.70. The molecule has 1 unspecified atom stereocenters. The van der Waals surface area contributed by atoms with Gasteiger partial charge < -0.3 is 5.32 Å². The van der Waals surface area contributed by atoms with Gasteiger partial charge in [-0.1, -0.05) is 29.8 Å². The van der Waals surface area contributed by atoms with Crippen molar-refractivity contribution in [1.82, 2.24) is 5.32 Å². The van der Waals surface area contributed by atoms with Gasteiger partial charge in [-0.25, -0.2) is 0 Å². The molecule has 106 valence electrons. The Morgan fingerprint density at radius 1 is 1.37 bits per heavy atom. The Bertz CT molecular complexity index is 474. The van der Waals surface area contributed by atoms with Gasteiger partial charge >= 0.3 is 6.18 Å². The predicted molar refractivity (Wildman–Crippen MR) is 67.0 cm³/mol. The van der Waals surface area contributed by atoms with Crippen LogP contribution in [0, 0.1) is 6.92 Å². The van der Waals surface area contributed by atoms with Gasteiger partial charge in [0.15, 0.2) is 0 Å². The maximum absolute atomic E-state index is 11.9. The average molecular weight is 293 g/mol. The van der Waals surface area contributed by atoms with Crippen molar-refractivity contribution in [1.29, 1.82) is 0 Å². The number of aryl methyl sites for hydroxylation is 1. The van der Waals surface area contributed by atoms with Crippen LogP contribution < -0.4 is 5.32 Å². The van der Waals surface area contributed by atoms with Crippen LogP contribution in [0.5, 0.6) is 0 Å². The predicted octanol–water partition coefficient (Wildman–Crippen LogP) is 1.92. The Kier molecular flexibility index (Phi) is 5.53. The van der Waals surface area contributed by atoms with Gasteiger partial charge in [-0.2, -0.15) is 13.2 Å². The minimum atomic E-state index is -4.45. The van der Waals surface area contributed by atoms with Crippen molar-refractivity contribution in [2.45, 2.75) is 18.9 Å². The highest BCUT2D eigenvalue weighted by molar-refractivity contribution is 7.84. The Labute approximate surface area is 111 Å². The molecular formula is C12H14F3NO2S. The Hall–Kier alpha value is -1.37. The zero-order valence-corrected chi connectivity index (χ0v) is 11.1. The second-order valence-corrected chi connectivity index (χ2v) is 5.57. The molecule has 7 heteroatoms. The lowest BCUT2D eigenvalue weighted by molar-refractivity contribution is -0.136. The van der Waals surface area contributed by atoms with Crippen molar-refractivity contribution >= 4 is 16.7 Å². The molecule has 1 N–H and O–H groups in total. The van der Waals surface area contributed by atoms with Gasteiger partial charge in [0, 0.05) is 16.6 Å². The molecule has 1 aromatic rings. The lowest BCUT2D eigenvalue weighted by atomic mass is 10.2. The summed E-state index contributed by atoms with van der Waals surface area (Å²) in [5.74, 6) is -1.13. The van der Waals surface area contributed by atoms with Crippen molar-refractivity contribution < 1.29 is 22.2 Å². The molecule has 1 atom stereocenters. The van der Waals surface area contributed by atoms with Crippen LogP contribution in [0.4, 0.5) is 13.2 Å². The molecule has 1 rings (SSSR count). The summed E-state index contributed by atoms with van der Waals surface area (Å²) in [6, 6.07) is 7.26. The first-order chi connectivity index (χ1) is 8.76. The normalized spacial score (nSPS) is 13.1. The SMILES string of the molecule is Cc1cccc(CS(=O)CC(=O)NCC(F)(F)F)c1. The quantitative estimate of drug-likeness (QED) is 0.901. The van der Waals surface area contributed by atoms with Crippen molar-refractivity contribution in [3.05, 3.63) is 35.4 Å². The van der Waals surface area contributed by atoms with Gasteiger partial charge in [-0.3, -0.25) is 9.00 Å². The van der Waals surface area contributed by atoms with E-state index in [0.717, 1.165) is 11.1 Å². The molecule has 0 aliphatic rings. The third-order valence-corrected chi connectivity index (χ3v) is 3.43. The molecule has 0 radical (unpaired) electrons. The number of halogens is 3. The number of amides is 1. The molecule has 0 fully saturated rings. The molecule has 0 aliphatic carbocycles. The van der Waals surface area contributed by atoms with Gasteiger partial charge in [0.2, 0.25) is 5.91 Å². The molecule has 0 spiro atoms. The van der Waals surface area contributed by atoms with E-state index in [1.807, 2.05) is 19.1 Å². The van der Waals surface area contributed by atoms with Crippen molar-refractivity contribution in [2.24, 2.45) is 0 Å². The van der Waals surface area contributed by atoms with Crippen LogP contribution in [0.1, 0.15) is 11.1 Å². The lowest BCUT2D eigenvalue weighted by Gasteiger charge is -2.08. The summed E-state index contributed by atoms with van der Waals surface area (Å²) >= 11 is 0. The maximum Gasteiger partial charge on any atom is 0.405 e. The van der Waals surface area contributed by atoms with Crippen LogP contribution in [0.25, 0.3) is 0 Å². The molecule has 3 nitrogen and oxygen atoms in total. The number of hydrogen-bond donors (Lipinski definition) is 1. The first-order valence-electron chi connectivity index (χ1n) is 5.50. The third-order valence-electron chi connectivity index (χ3n) is 2.19. The number of nitrogens with one attached hydrogen (secondary N) is 1. The van der Waals surface area contributed by atoms with Gasteiger partial charge in [0.25, 0.3) is 0 Å². The summed E-state index contributed by atoms with van der Waals surface area (Å²) in [6.45, 7) is 0.482. The molecular weight excluding hydrogens is 279 g/mol. The van der Waals surface area contributed by atoms with Crippen LogP contribution in [0.2, 0.25) is 0 Å². The van der Waals surface area contributed by atoms with E-state index in [0.29, 0.717) is 0 Å². The molecule has 1 amide bonds. The minimum Gasteiger partial charge on any atom is -0.346 e. The minimum absolute atomic E-state index is 0.154. The molecule has 0 saturated carbocycles. The van der Waals surface area contributed by atoms with E-state index in [-0.39, 0.29) is 5.75 Å². The number of benzene rings is 1. The zero-order valence-electron chi connectivity index (χ0n) is 10.3. The largest absolute Gasteiger partial charge is 0.405 e. The average Bonchev–Trinajstić information content (AvgIpc) is 2.25. The monoisotopic (exact) mass is 293 g/mol. The zero-order chi connectivity index (χ0) is 14.5. The highest BCUT2D eigenvalue weighted by atomic mass is 32.2. The van der Waals surface area contributed by atoms with E-state index < -0.39 is 35.2 Å². The van der Waals surface area contributed by atoms with E-state index in [1.54, 1.807) is 17.4 Å².